The molecule has 0 aliphatic heterocycles. The Bertz CT molecular complexity index is 838. The van der Waals surface area contributed by atoms with Crippen molar-refractivity contribution in [2.24, 2.45) is 0 Å². The maximum atomic E-state index is 12.6. The Kier molecular flexibility index (Phi) is 5.98. The zero-order valence-electron chi connectivity index (χ0n) is 15.7. The largest absolute Gasteiger partial charge is 0.457 e. The number of carbonyl (C=O) groups is 2. The Hall–Kier alpha value is -2.88. The smallest absolute Gasteiger partial charge is 0.339 e. The molecule has 1 atom stereocenters. The lowest BCUT2D eigenvalue weighted by molar-refractivity contribution is -0.0287. The van der Waals surface area contributed by atoms with Crippen LogP contribution in [0.1, 0.15) is 45.7 Å². The van der Waals surface area contributed by atoms with Gasteiger partial charge in [0.15, 0.2) is 5.60 Å². The number of esters is 2. The molecule has 0 aromatic heterocycles. The molecule has 2 aromatic rings. The van der Waals surface area contributed by atoms with Gasteiger partial charge in [0.25, 0.3) is 0 Å². The molecule has 0 heterocycles. The summed E-state index contributed by atoms with van der Waals surface area (Å²) in [4.78, 5) is 24.9. The van der Waals surface area contributed by atoms with E-state index in [2.05, 4.69) is 6.58 Å². The van der Waals surface area contributed by atoms with Crippen LogP contribution in [0.15, 0.2) is 60.7 Å². The fourth-order valence-electron chi connectivity index (χ4n) is 2.38. The summed E-state index contributed by atoms with van der Waals surface area (Å²) < 4.78 is 11.1. The van der Waals surface area contributed by atoms with Crippen molar-refractivity contribution in [1.29, 1.82) is 0 Å². The Morgan fingerprint density at radius 2 is 1.38 bits per heavy atom. The summed E-state index contributed by atoms with van der Waals surface area (Å²) in [5, 5.41) is 0. The lowest BCUT2D eigenvalue weighted by Crippen LogP contribution is -2.39. The van der Waals surface area contributed by atoms with E-state index in [1.165, 1.54) is 0 Å². The van der Waals surface area contributed by atoms with Gasteiger partial charge >= 0.3 is 11.9 Å². The number of aryl methyl sites for hydroxylation is 2. The van der Waals surface area contributed by atoms with Crippen LogP contribution in [0.25, 0.3) is 0 Å². The molecule has 4 heteroatoms. The van der Waals surface area contributed by atoms with Crippen molar-refractivity contribution >= 4 is 11.9 Å². The van der Waals surface area contributed by atoms with Crippen LogP contribution in [0.5, 0.6) is 0 Å². The molecule has 2 rings (SSSR count). The maximum absolute atomic E-state index is 12.6. The molecule has 136 valence electrons. The van der Waals surface area contributed by atoms with Gasteiger partial charge in [0, 0.05) is 0 Å². The molecule has 0 bridgehead atoms. The van der Waals surface area contributed by atoms with E-state index in [-0.39, 0.29) is 6.61 Å². The van der Waals surface area contributed by atoms with Gasteiger partial charge in [-0.3, -0.25) is 0 Å². The molecular weight excluding hydrogens is 328 g/mol. The minimum Gasteiger partial charge on any atom is -0.457 e. The molecule has 0 N–H and O–H groups in total. The molecule has 0 saturated carbocycles. The first-order chi connectivity index (χ1) is 12.2. The molecule has 0 radical (unpaired) electrons. The van der Waals surface area contributed by atoms with Gasteiger partial charge in [-0.1, -0.05) is 43.0 Å². The highest BCUT2D eigenvalue weighted by atomic mass is 16.6. The first-order valence-corrected chi connectivity index (χ1v) is 8.42. The predicted molar refractivity (Wildman–Crippen MR) is 101 cm³/mol. The van der Waals surface area contributed by atoms with Crippen molar-refractivity contribution in [3.63, 3.8) is 0 Å². The van der Waals surface area contributed by atoms with Gasteiger partial charge in [-0.2, -0.15) is 0 Å². The van der Waals surface area contributed by atoms with Gasteiger partial charge in [-0.25, -0.2) is 9.59 Å². The van der Waals surface area contributed by atoms with Crippen molar-refractivity contribution < 1.29 is 19.1 Å². The van der Waals surface area contributed by atoms with Gasteiger partial charge < -0.3 is 9.47 Å². The molecular formula is C22H24O4. The van der Waals surface area contributed by atoms with Crippen LogP contribution in [0.4, 0.5) is 0 Å². The number of hydrogen-bond acceptors (Lipinski definition) is 4. The van der Waals surface area contributed by atoms with E-state index in [9.17, 15) is 9.59 Å². The van der Waals surface area contributed by atoms with Crippen LogP contribution in [-0.4, -0.2) is 24.1 Å². The van der Waals surface area contributed by atoms with Crippen LogP contribution < -0.4 is 0 Å². The quantitative estimate of drug-likeness (QED) is 0.561. The average molecular weight is 352 g/mol. The summed E-state index contributed by atoms with van der Waals surface area (Å²) >= 11 is 0. The summed E-state index contributed by atoms with van der Waals surface area (Å²) in [6.45, 7) is 10.9. The molecule has 0 spiro atoms. The minimum absolute atomic E-state index is 0.104. The highest BCUT2D eigenvalue weighted by molar-refractivity contribution is 5.92. The van der Waals surface area contributed by atoms with E-state index in [1.54, 1.807) is 38.1 Å². The van der Waals surface area contributed by atoms with Gasteiger partial charge in [0.2, 0.25) is 0 Å². The fraction of sp³-hybridized carbons (Fsp3) is 0.273. The summed E-state index contributed by atoms with van der Waals surface area (Å²) in [7, 11) is 0. The number of rotatable bonds is 6. The monoisotopic (exact) mass is 352 g/mol. The predicted octanol–water partition coefficient (Wildman–Crippen LogP) is 4.65. The zero-order chi connectivity index (χ0) is 19.3. The number of carbonyl (C=O) groups excluding carboxylic acids is 2. The second-order valence-corrected chi connectivity index (χ2v) is 6.61. The van der Waals surface area contributed by atoms with Crippen LogP contribution in [0.2, 0.25) is 0 Å². The Morgan fingerprint density at radius 1 is 0.923 bits per heavy atom. The summed E-state index contributed by atoms with van der Waals surface area (Å²) in [6.07, 6.45) is 0. The Balaban J connectivity index is 2.13. The average Bonchev–Trinajstić information content (AvgIpc) is 2.60. The highest BCUT2D eigenvalue weighted by Gasteiger charge is 2.33. The molecule has 0 saturated heterocycles. The van der Waals surface area contributed by atoms with E-state index in [1.807, 2.05) is 38.1 Å². The van der Waals surface area contributed by atoms with Crippen LogP contribution in [-0.2, 0) is 9.47 Å². The van der Waals surface area contributed by atoms with Gasteiger partial charge in [-0.15, -0.1) is 0 Å². The SMILES string of the molecule is C=C(C)C(C)(COC(=O)c1ccccc1C)OC(=O)c1ccccc1C. The third-order valence-electron chi connectivity index (χ3n) is 4.43. The molecule has 4 nitrogen and oxygen atoms in total. The normalized spacial score (nSPS) is 12.8. The number of ether oxygens (including phenoxy) is 2. The van der Waals surface area contributed by atoms with Crippen molar-refractivity contribution in [2.45, 2.75) is 33.3 Å². The second-order valence-electron chi connectivity index (χ2n) is 6.61. The molecule has 2 aromatic carbocycles. The number of benzene rings is 2. The van der Waals surface area contributed by atoms with Gasteiger partial charge in [-0.05, 0) is 56.5 Å². The number of hydrogen-bond donors (Lipinski definition) is 0. The highest BCUT2D eigenvalue weighted by Crippen LogP contribution is 2.24. The molecule has 26 heavy (non-hydrogen) atoms. The van der Waals surface area contributed by atoms with Crippen molar-refractivity contribution in [3.05, 3.63) is 82.9 Å². The first kappa shape index (κ1) is 19.4. The molecule has 0 aliphatic rings. The van der Waals surface area contributed by atoms with Crippen molar-refractivity contribution in [2.75, 3.05) is 6.61 Å². The lowest BCUT2D eigenvalue weighted by Gasteiger charge is -2.30. The molecule has 1 unspecified atom stereocenters. The van der Waals surface area contributed by atoms with Crippen molar-refractivity contribution in [3.8, 4) is 0 Å². The summed E-state index contributed by atoms with van der Waals surface area (Å²) in [5.41, 5.74) is 2.09. The summed E-state index contributed by atoms with van der Waals surface area (Å²) in [6, 6.07) is 14.4. The third kappa shape index (κ3) is 4.39. The van der Waals surface area contributed by atoms with E-state index in [0.717, 1.165) is 11.1 Å². The third-order valence-corrected chi connectivity index (χ3v) is 4.43. The van der Waals surface area contributed by atoms with Crippen LogP contribution in [0, 0.1) is 13.8 Å². The van der Waals surface area contributed by atoms with E-state index >= 15 is 0 Å². The summed E-state index contributed by atoms with van der Waals surface area (Å²) in [5.74, 6) is -0.928. The van der Waals surface area contributed by atoms with E-state index < -0.39 is 17.5 Å². The topological polar surface area (TPSA) is 52.6 Å². The maximum Gasteiger partial charge on any atom is 0.339 e. The van der Waals surface area contributed by atoms with Crippen LogP contribution >= 0.6 is 0 Å². The van der Waals surface area contributed by atoms with Crippen molar-refractivity contribution in [1.82, 2.24) is 0 Å². The Morgan fingerprint density at radius 3 is 1.85 bits per heavy atom. The minimum atomic E-state index is -1.11. The van der Waals surface area contributed by atoms with Gasteiger partial charge in [0.1, 0.15) is 6.61 Å². The molecule has 0 amide bonds. The molecule has 0 fully saturated rings. The standard InChI is InChI=1S/C22H24O4/c1-15(2)22(5,26-21(24)19-13-9-7-11-17(19)4)14-25-20(23)18-12-8-6-10-16(18)3/h6-13H,1,14H2,2-5H3. The van der Waals surface area contributed by atoms with E-state index in [0.29, 0.717) is 16.7 Å². The van der Waals surface area contributed by atoms with E-state index in [4.69, 9.17) is 9.47 Å². The van der Waals surface area contributed by atoms with Crippen LogP contribution in [0.3, 0.4) is 0 Å². The lowest BCUT2D eigenvalue weighted by atomic mass is 9.99. The van der Waals surface area contributed by atoms with Gasteiger partial charge in [0.05, 0.1) is 11.1 Å². The Labute approximate surface area is 154 Å². The fourth-order valence-corrected chi connectivity index (χ4v) is 2.38. The second kappa shape index (κ2) is 8.00. The zero-order valence-corrected chi connectivity index (χ0v) is 15.7. The first-order valence-electron chi connectivity index (χ1n) is 8.42. The molecule has 0 aliphatic carbocycles.